The van der Waals surface area contributed by atoms with Gasteiger partial charge in [0.25, 0.3) is 0 Å². The number of sulfonamides is 1. The zero-order valence-electron chi connectivity index (χ0n) is 7.07. The molecule has 0 aromatic rings. The van der Waals surface area contributed by atoms with Crippen LogP contribution in [-0.4, -0.2) is 32.3 Å². The van der Waals surface area contributed by atoms with Crippen LogP contribution in [0.2, 0.25) is 0 Å². The summed E-state index contributed by atoms with van der Waals surface area (Å²) in [4.78, 5) is 10.3. The van der Waals surface area contributed by atoms with Crippen LogP contribution in [0.25, 0.3) is 0 Å². The minimum Gasteiger partial charge on any atom is -0.481 e. The SMILES string of the molecule is CC(CCNS(C)(=O)=O)C(=O)O. The third kappa shape index (κ3) is 6.11. The summed E-state index contributed by atoms with van der Waals surface area (Å²) in [5.41, 5.74) is 0. The molecule has 72 valence electrons. The van der Waals surface area contributed by atoms with Crippen molar-refractivity contribution in [1.29, 1.82) is 0 Å². The first-order valence-electron chi connectivity index (χ1n) is 3.50. The third-order valence-corrected chi connectivity index (χ3v) is 2.09. The van der Waals surface area contributed by atoms with E-state index >= 15 is 0 Å². The van der Waals surface area contributed by atoms with Gasteiger partial charge < -0.3 is 5.11 Å². The molecule has 2 N–H and O–H groups in total. The van der Waals surface area contributed by atoms with Crippen molar-refractivity contribution in [1.82, 2.24) is 4.72 Å². The molecule has 5 nitrogen and oxygen atoms in total. The highest BCUT2D eigenvalue weighted by atomic mass is 32.2. The molecule has 0 aromatic heterocycles. The molecule has 0 aliphatic heterocycles. The molecule has 1 atom stereocenters. The van der Waals surface area contributed by atoms with Crippen LogP contribution in [0.15, 0.2) is 0 Å². The Morgan fingerprint density at radius 1 is 1.58 bits per heavy atom. The van der Waals surface area contributed by atoms with Crippen molar-refractivity contribution in [3.63, 3.8) is 0 Å². The van der Waals surface area contributed by atoms with E-state index in [2.05, 4.69) is 4.72 Å². The maximum Gasteiger partial charge on any atom is 0.306 e. The number of hydrogen-bond donors (Lipinski definition) is 2. The molecule has 6 heteroatoms. The lowest BCUT2D eigenvalue weighted by molar-refractivity contribution is -0.141. The summed E-state index contributed by atoms with van der Waals surface area (Å²) in [5, 5.41) is 8.43. The zero-order valence-corrected chi connectivity index (χ0v) is 7.89. The van der Waals surface area contributed by atoms with Crippen LogP contribution in [-0.2, 0) is 14.8 Å². The van der Waals surface area contributed by atoms with Gasteiger partial charge >= 0.3 is 5.97 Å². The fourth-order valence-corrected chi connectivity index (χ4v) is 1.07. The van der Waals surface area contributed by atoms with Gasteiger partial charge in [-0.15, -0.1) is 0 Å². The second-order valence-electron chi connectivity index (χ2n) is 2.69. The van der Waals surface area contributed by atoms with Gasteiger partial charge in [0, 0.05) is 6.54 Å². The van der Waals surface area contributed by atoms with Gasteiger partial charge in [0.2, 0.25) is 10.0 Å². The van der Waals surface area contributed by atoms with Crippen molar-refractivity contribution in [2.75, 3.05) is 12.8 Å². The molecule has 1 unspecified atom stereocenters. The molecule has 0 aromatic carbocycles. The van der Waals surface area contributed by atoms with Crippen LogP contribution in [0.3, 0.4) is 0 Å². The molecular weight excluding hydrogens is 182 g/mol. The Morgan fingerprint density at radius 3 is 2.42 bits per heavy atom. The average Bonchev–Trinajstić information content (AvgIpc) is 1.84. The Bertz CT molecular complexity index is 246. The molecular formula is C6H13NO4S. The standard InChI is InChI=1S/C6H13NO4S/c1-5(6(8)9)3-4-7-12(2,10)11/h5,7H,3-4H2,1-2H3,(H,8,9). The van der Waals surface area contributed by atoms with Crippen molar-refractivity contribution in [2.24, 2.45) is 5.92 Å². The Kier molecular flexibility index (Phi) is 4.19. The van der Waals surface area contributed by atoms with E-state index in [-0.39, 0.29) is 6.54 Å². The molecule has 0 radical (unpaired) electrons. The van der Waals surface area contributed by atoms with Gasteiger partial charge in [0.1, 0.15) is 0 Å². The van der Waals surface area contributed by atoms with Crippen LogP contribution < -0.4 is 4.72 Å². The molecule has 0 saturated heterocycles. The Morgan fingerprint density at radius 2 is 2.08 bits per heavy atom. The minimum absolute atomic E-state index is 0.173. The fourth-order valence-electron chi connectivity index (χ4n) is 0.584. The first kappa shape index (κ1) is 11.4. The lowest BCUT2D eigenvalue weighted by Gasteiger charge is -2.05. The van der Waals surface area contributed by atoms with E-state index in [1.54, 1.807) is 0 Å². The lowest BCUT2D eigenvalue weighted by atomic mass is 10.1. The molecule has 0 bridgehead atoms. The minimum atomic E-state index is -3.19. The Balaban J connectivity index is 3.65. The smallest absolute Gasteiger partial charge is 0.306 e. The van der Waals surface area contributed by atoms with Crippen LogP contribution in [0.1, 0.15) is 13.3 Å². The Hall–Kier alpha value is -0.620. The summed E-state index contributed by atoms with van der Waals surface area (Å²) < 4.78 is 23.3. The van der Waals surface area contributed by atoms with Gasteiger partial charge in [0.15, 0.2) is 0 Å². The van der Waals surface area contributed by atoms with Gasteiger partial charge in [-0.3, -0.25) is 4.79 Å². The second-order valence-corrected chi connectivity index (χ2v) is 4.53. The van der Waals surface area contributed by atoms with E-state index in [0.29, 0.717) is 6.42 Å². The van der Waals surface area contributed by atoms with Crippen LogP contribution in [0.5, 0.6) is 0 Å². The number of nitrogens with one attached hydrogen (secondary N) is 1. The number of carbonyl (C=O) groups is 1. The summed E-state index contributed by atoms with van der Waals surface area (Å²) in [5.74, 6) is -1.43. The summed E-state index contributed by atoms with van der Waals surface area (Å²) in [6.45, 7) is 1.71. The number of rotatable bonds is 5. The predicted octanol–water partition coefficient (Wildman–Crippen LogP) is -0.354. The highest BCUT2D eigenvalue weighted by molar-refractivity contribution is 7.88. The quantitative estimate of drug-likeness (QED) is 0.628. The summed E-state index contributed by atoms with van der Waals surface area (Å²) in [7, 11) is -3.19. The molecule has 0 rings (SSSR count). The van der Waals surface area contributed by atoms with Crippen molar-refractivity contribution < 1.29 is 18.3 Å². The van der Waals surface area contributed by atoms with E-state index < -0.39 is 21.9 Å². The van der Waals surface area contributed by atoms with E-state index in [0.717, 1.165) is 6.26 Å². The number of carboxylic acid groups (broad SMARTS) is 1. The molecule has 0 fully saturated rings. The van der Waals surface area contributed by atoms with Gasteiger partial charge in [-0.2, -0.15) is 0 Å². The Labute approximate surface area is 71.8 Å². The van der Waals surface area contributed by atoms with Gasteiger partial charge in [-0.25, -0.2) is 13.1 Å². The second kappa shape index (κ2) is 4.42. The molecule has 12 heavy (non-hydrogen) atoms. The third-order valence-electron chi connectivity index (χ3n) is 1.36. The molecule has 0 aliphatic rings. The average molecular weight is 195 g/mol. The lowest BCUT2D eigenvalue weighted by Crippen LogP contribution is -2.25. The zero-order chi connectivity index (χ0) is 9.78. The van der Waals surface area contributed by atoms with Gasteiger partial charge in [0.05, 0.1) is 12.2 Å². The van der Waals surface area contributed by atoms with Crippen LogP contribution >= 0.6 is 0 Å². The molecule has 0 aliphatic carbocycles. The first-order valence-corrected chi connectivity index (χ1v) is 5.39. The van der Waals surface area contributed by atoms with E-state index in [9.17, 15) is 13.2 Å². The summed E-state index contributed by atoms with van der Waals surface area (Å²) in [6.07, 6.45) is 1.35. The maximum absolute atomic E-state index is 10.5. The highest BCUT2D eigenvalue weighted by Crippen LogP contribution is 1.99. The van der Waals surface area contributed by atoms with Crippen molar-refractivity contribution >= 4 is 16.0 Å². The maximum atomic E-state index is 10.5. The van der Waals surface area contributed by atoms with Gasteiger partial charge in [-0.1, -0.05) is 6.92 Å². The first-order chi connectivity index (χ1) is 5.33. The molecule has 0 saturated carbocycles. The fraction of sp³-hybridized carbons (Fsp3) is 0.833. The van der Waals surface area contributed by atoms with Crippen molar-refractivity contribution in [3.8, 4) is 0 Å². The van der Waals surface area contributed by atoms with E-state index in [4.69, 9.17) is 5.11 Å². The molecule has 0 amide bonds. The topological polar surface area (TPSA) is 83.5 Å². The monoisotopic (exact) mass is 195 g/mol. The number of carboxylic acids is 1. The van der Waals surface area contributed by atoms with E-state index in [1.165, 1.54) is 6.92 Å². The van der Waals surface area contributed by atoms with Crippen LogP contribution in [0.4, 0.5) is 0 Å². The van der Waals surface area contributed by atoms with Crippen molar-refractivity contribution in [2.45, 2.75) is 13.3 Å². The molecule has 0 spiro atoms. The summed E-state index contributed by atoms with van der Waals surface area (Å²) in [6, 6.07) is 0. The predicted molar refractivity (Wildman–Crippen MR) is 44.3 cm³/mol. The highest BCUT2D eigenvalue weighted by Gasteiger charge is 2.10. The van der Waals surface area contributed by atoms with Crippen molar-refractivity contribution in [3.05, 3.63) is 0 Å². The number of aliphatic carboxylic acids is 1. The van der Waals surface area contributed by atoms with Crippen LogP contribution in [0, 0.1) is 5.92 Å². The number of hydrogen-bond acceptors (Lipinski definition) is 3. The normalized spacial score (nSPS) is 14.2. The van der Waals surface area contributed by atoms with E-state index in [1.807, 2.05) is 0 Å². The summed E-state index contributed by atoms with van der Waals surface area (Å²) >= 11 is 0. The molecule has 0 heterocycles. The largest absolute Gasteiger partial charge is 0.481 e. The van der Waals surface area contributed by atoms with Gasteiger partial charge in [-0.05, 0) is 6.42 Å².